The van der Waals surface area contributed by atoms with Crippen molar-refractivity contribution in [2.45, 2.75) is 19.9 Å². The van der Waals surface area contributed by atoms with Gasteiger partial charge in [0.05, 0.1) is 0 Å². The van der Waals surface area contributed by atoms with Crippen molar-refractivity contribution in [3.05, 3.63) is 71.5 Å². The zero-order chi connectivity index (χ0) is 13.5. The van der Waals surface area contributed by atoms with Crippen molar-refractivity contribution in [2.75, 3.05) is 13.1 Å². The summed E-state index contributed by atoms with van der Waals surface area (Å²) in [6.45, 7) is 4.92. The smallest absolute Gasteiger partial charge is 0.123 e. The molecule has 0 bridgehead atoms. The Hall–Kier alpha value is -1.67. The van der Waals surface area contributed by atoms with Gasteiger partial charge in [0.15, 0.2) is 0 Å². The Labute approximate surface area is 114 Å². The lowest BCUT2D eigenvalue weighted by atomic mass is 10.1. The van der Waals surface area contributed by atoms with Gasteiger partial charge >= 0.3 is 0 Å². The van der Waals surface area contributed by atoms with Crippen molar-refractivity contribution in [3.63, 3.8) is 0 Å². The third kappa shape index (κ3) is 4.49. The topological polar surface area (TPSA) is 3.24 Å². The minimum Gasteiger partial charge on any atom is -0.299 e. The fraction of sp³-hybridized carbons (Fsp3) is 0.294. The minimum absolute atomic E-state index is 0.156. The van der Waals surface area contributed by atoms with E-state index in [9.17, 15) is 4.39 Å². The van der Waals surface area contributed by atoms with Gasteiger partial charge in [-0.25, -0.2) is 4.39 Å². The van der Waals surface area contributed by atoms with Gasteiger partial charge in [0.2, 0.25) is 0 Å². The second-order valence-electron chi connectivity index (χ2n) is 4.73. The summed E-state index contributed by atoms with van der Waals surface area (Å²) in [5, 5.41) is 0. The zero-order valence-electron chi connectivity index (χ0n) is 11.3. The van der Waals surface area contributed by atoms with Gasteiger partial charge in [0, 0.05) is 13.1 Å². The van der Waals surface area contributed by atoms with Crippen LogP contribution in [0.15, 0.2) is 54.6 Å². The van der Waals surface area contributed by atoms with Gasteiger partial charge in [0.25, 0.3) is 0 Å². The molecule has 0 atom stereocenters. The maximum absolute atomic E-state index is 13.2. The molecule has 0 saturated carbocycles. The van der Waals surface area contributed by atoms with Crippen LogP contribution < -0.4 is 0 Å². The number of halogens is 1. The first-order chi connectivity index (χ1) is 9.28. The summed E-state index contributed by atoms with van der Waals surface area (Å²) in [7, 11) is 0. The molecule has 2 aromatic carbocycles. The predicted molar refractivity (Wildman–Crippen MR) is 77.5 cm³/mol. The molecular weight excluding hydrogens is 237 g/mol. The third-order valence-corrected chi connectivity index (χ3v) is 3.30. The second kappa shape index (κ2) is 7.05. The van der Waals surface area contributed by atoms with E-state index in [4.69, 9.17) is 0 Å². The standard InChI is InChI=1S/C17H20FN/c1-2-19(12-11-15-7-4-3-5-8-15)14-16-9-6-10-17(18)13-16/h3-10,13H,2,11-12,14H2,1H3. The Morgan fingerprint density at radius 2 is 1.68 bits per heavy atom. The summed E-state index contributed by atoms with van der Waals surface area (Å²) in [5.74, 6) is -0.156. The third-order valence-electron chi connectivity index (χ3n) is 3.30. The van der Waals surface area contributed by atoms with E-state index in [1.165, 1.54) is 11.6 Å². The number of nitrogens with zero attached hydrogens (tertiary/aromatic N) is 1. The van der Waals surface area contributed by atoms with Crippen LogP contribution in [0.4, 0.5) is 4.39 Å². The van der Waals surface area contributed by atoms with E-state index < -0.39 is 0 Å². The molecule has 100 valence electrons. The monoisotopic (exact) mass is 257 g/mol. The summed E-state index contributed by atoms with van der Waals surface area (Å²) in [6, 6.07) is 17.3. The summed E-state index contributed by atoms with van der Waals surface area (Å²) in [5.41, 5.74) is 2.38. The van der Waals surface area contributed by atoms with E-state index in [0.29, 0.717) is 0 Å². The molecular formula is C17H20FN. The molecule has 0 N–H and O–H groups in total. The molecule has 0 radical (unpaired) electrons. The summed E-state index contributed by atoms with van der Waals surface area (Å²) < 4.78 is 13.2. The van der Waals surface area contributed by atoms with Crippen LogP contribution >= 0.6 is 0 Å². The highest BCUT2D eigenvalue weighted by molar-refractivity contribution is 5.17. The Balaban J connectivity index is 1.90. The van der Waals surface area contributed by atoms with Gasteiger partial charge in [-0.2, -0.15) is 0 Å². The molecule has 0 spiro atoms. The lowest BCUT2D eigenvalue weighted by Crippen LogP contribution is -2.25. The lowest BCUT2D eigenvalue weighted by molar-refractivity contribution is 0.283. The highest BCUT2D eigenvalue weighted by Gasteiger charge is 2.04. The predicted octanol–water partition coefficient (Wildman–Crippen LogP) is 3.89. The van der Waals surface area contributed by atoms with Crippen molar-refractivity contribution in [2.24, 2.45) is 0 Å². The first kappa shape index (κ1) is 13.8. The SMILES string of the molecule is CCN(CCc1ccccc1)Cc1cccc(F)c1. The number of hydrogen-bond acceptors (Lipinski definition) is 1. The molecule has 0 heterocycles. The van der Waals surface area contributed by atoms with E-state index in [1.54, 1.807) is 12.1 Å². The highest BCUT2D eigenvalue weighted by Crippen LogP contribution is 2.08. The number of likely N-dealkylation sites (N-methyl/N-ethyl adjacent to an activating group) is 1. The first-order valence-corrected chi connectivity index (χ1v) is 6.78. The highest BCUT2D eigenvalue weighted by atomic mass is 19.1. The first-order valence-electron chi connectivity index (χ1n) is 6.78. The molecule has 0 unspecified atom stereocenters. The van der Waals surface area contributed by atoms with E-state index in [0.717, 1.165) is 31.6 Å². The molecule has 0 fully saturated rings. The van der Waals surface area contributed by atoms with Crippen LogP contribution in [0.2, 0.25) is 0 Å². The van der Waals surface area contributed by atoms with Crippen molar-refractivity contribution in [3.8, 4) is 0 Å². The maximum atomic E-state index is 13.2. The molecule has 1 nitrogen and oxygen atoms in total. The Morgan fingerprint density at radius 1 is 0.947 bits per heavy atom. The molecule has 0 aliphatic rings. The average Bonchev–Trinajstić information content (AvgIpc) is 2.44. The number of hydrogen-bond donors (Lipinski definition) is 0. The normalized spacial score (nSPS) is 10.9. The van der Waals surface area contributed by atoms with Crippen LogP contribution in [0.25, 0.3) is 0 Å². The number of rotatable bonds is 6. The Morgan fingerprint density at radius 3 is 2.37 bits per heavy atom. The molecule has 19 heavy (non-hydrogen) atoms. The molecule has 2 aromatic rings. The van der Waals surface area contributed by atoms with E-state index in [2.05, 4.69) is 36.1 Å². The fourth-order valence-corrected chi connectivity index (χ4v) is 2.17. The molecule has 0 amide bonds. The van der Waals surface area contributed by atoms with Crippen LogP contribution in [-0.4, -0.2) is 18.0 Å². The van der Waals surface area contributed by atoms with E-state index in [-0.39, 0.29) is 5.82 Å². The van der Waals surface area contributed by atoms with Gasteiger partial charge in [-0.05, 0) is 36.2 Å². The van der Waals surface area contributed by atoms with Crippen LogP contribution in [0.3, 0.4) is 0 Å². The Bertz CT molecular complexity index is 496. The summed E-state index contributed by atoms with van der Waals surface area (Å²) in [6.07, 6.45) is 1.03. The molecule has 0 aliphatic carbocycles. The molecule has 0 saturated heterocycles. The van der Waals surface area contributed by atoms with Crippen molar-refractivity contribution >= 4 is 0 Å². The quantitative estimate of drug-likeness (QED) is 0.759. The summed E-state index contributed by atoms with van der Waals surface area (Å²) in [4.78, 5) is 2.34. The largest absolute Gasteiger partial charge is 0.299 e. The number of benzene rings is 2. The molecule has 0 aliphatic heterocycles. The fourth-order valence-electron chi connectivity index (χ4n) is 2.17. The lowest BCUT2D eigenvalue weighted by Gasteiger charge is -2.20. The van der Waals surface area contributed by atoms with Gasteiger partial charge in [-0.3, -0.25) is 4.90 Å². The van der Waals surface area contributed by atoms with Crippen molar-refractivity contribution < 1.29 is 4.39 Å². The van der Waals surface area contributed by atoms with Crippen LogP contribution in [0, 0.1) is 5.82 Å². The molecule has 2 heteroatoms. The second-order valence-corrected chi connectivity index (χ2v) is 4.73. The summed E-state index contributed by atoms with van der Waals surface area (Å²) >= 11 is 0. The van der Waals surface area contributed by atoms with Gasteiger partial charge in [0.1, 0.15) is 5.82 Å². The van der Waals surface area contributed by atoms with Crippen LogP contribution in [-0.2, 0) is 13.0 Å². The average molecular weight is 257 g/mol. The van der Waals surface area contributed by atoms with Crippen LogP contribution in [0.1, 0.15) is 18.1 Å². The molecule has 2 rings (SSSR count). The minimum atomic E-state index is -0.156. The van der Waals surface area contributed by atoms with Gasteiger partial charge in [-0.1, -0.05) is 49.4 Å². The van der Waals surface area contributed by atoms with Gasteiger partial charge in [-0.15, -0.1) is 0 Å². The molecule has 0 aromatic heterocycles. The van der Waals surface area contributed by atoms with Crippen LogP contribution in [0.5, 0.6) is 0 Å². The maximum Gasteiger partial charge on any atom is 0.123 e. The van der Waals surface area contributed by atoms with Crippen molar-refractivity contribution in [1.82, 2.24) is 4.90 Å². The van der Waals surface area contributed by atoms with Crippen molar-refractivity contribution in [1.29, 1.82) is 0 Å². The zero-order valence-corrected chi connectivity index (χ0v) is 11.3. The Kier molecular flexibility index (Phi) is 5.10. The van der Waals surface area contributed by atoms with E-state index >= 15 is 0 Å². The van der Waals surface area contributed by atoms with E-state index in [1.807, 2.05) is 12.1 Å². The van der Waals surface area contributed by atoms with Gasteiger partial charge < -0.3 is 0 Å².